The summed E-state index contributed by atoms with van der Waals surface area (Å²) in [6, 6.07) is 10.7. The van der Waals surface area contributed by atoms with E-state index >= 15 is 0 Å². The van der Waals surface area contributed by atoms with E-state index in [1.165, 1.54) is 16.0 Å². The van der Waals surface area contributed by atoms with Gasteiger partial charge in [-0.3, -0.25) is 14.7 Å². The number of thiophene rings is 1. The van der Waals surface area contributed by atoms with E-state index in [-0.39, 0.29) is 35.8 Å². The van der Waals surface area contributed by atoms with Gasteiger partial charge in [0.2, 0.25) is 5.91 Å². The van der Waals surface area contributed by atoms with Crippen molar-refractivity contribution < 1.29 is 4.79 Å². The summed E-state index contributed by atoms with van der Waals surface area (Å²) < 4.78 is 0. The van der Waals surface area contributed by atoms with Crippen molar-refractivity contribution >= 4 is 52.9 Å². The van der Waals surface area contributed by atoms with Gasteiger partial charge in [0.05, 0.1) is 6.54 Å². The molecule has 8 heteroatoms. The maximum absolute atomic E-state index is 12.1. The second kappa shape index (κ2) is 11.3. The smallest absolute Gasteiger partial charge is 0.225 e. The number of aliphatic imine (C=N–C) groups is 1. The maximum atomic E-state index is 12.1. The molecule has 3 heterocycles. The molecule has 0 fully saturated rings. The molecule has 31 heavy (non-hydrogen) atoms. The Labute approximate surface area is 205 Å². The zero-order chi connectivity index (χ0) is 20.9. The van der Waals surface area contributed by atoms with Gasteiger partial charge in [0.25, 0.3) is 0 Å². The average molecular weight is 554 g/mol. The molecule has 168 valence electrons. The number of fused-ring (bicyclic) bond motifs is 2. The second-order valence-electron chi connectivity index (χ2n) is 8.08. The first-order valence-corrected chi connectivity index (χ1v) is 11.7. The number of carbonyl (C=O) groups is 1. The maximum Gasteiger partial charge on any atom is 0.225 e. The Hall–Kier alpha value is -1.65. The Balaban J connectivity index is 0.00000272. The van der Waals surface area contributed by atoms with Crippen LogP contribution in [-0.4, -0.2) is 49.0 Å². The van der Waals surface area contributed by atoms with E-state index in [2.05, 4.69) is 52.2 Å². The minimum absolute atomic E-state index is 0. The Kier molecular flexibility index (Phi) is 8.74. The third kappa shape index (κ3) is 5.98. The Morgan fingerprint density at radius 3 is 3.00 bits per heavy atom. The molecule has 2 aliphatic heterocycles. The zero-order valence-electron chi connectivity index (χ0n) is 18.2. The summed E-state index contributed by atoms with van der Waals surface area (Å²) >= 11 is 1.88. The molecule has 2 atom stereocenters. The van der Waals surface area contributed by atoms with Crippen molar-refractivity contribution in [1.29, 1.82) is 0 Å². The normalized spacial score (nSPS) is 19.5. The first-order chi connectivity index (χ1) is 14.6. The summed E-state index contributed by atoms with van der Waals surface area (Å²) in [6.07, 6.45) is 1.64. The number of benzene rings is 1. The number of para-hydroxylation sites is 1. The highest BCUT2D eigenvalue weighted by molar-refractivity contribution is 14.0. The van der Waals surface area contributed by atoms with Crippen LogP contribution in [0.5, 0.6) is 0 Å². The Morgan fingerprint density at radius 2 is 2.16 bits per heavy atom. The van der Waals surface area contributed by atoms with E-state index in [9.17, 15) is 4.79 Å². The number of hydrogen-bond acceptors (Lipinski definition) is 4. The molecule has 1 amide bonds. The summed E-state index contributed by atoms with van der Waals surface area (Å²) in [5.74, 6) is 1.05. The van der Waals surface area contributed by atoms with Crippen LogP contribution in [0.15, 0.2) is 40.7 Å². The molecule has 2 unspecified atom stereocenters. The molecule has 2 aliphatic rings. The van der Waals surface area contributed by atoms with E-state index in [1.807, 2.05) is 29.5 Å². The highest BCUT2D eigenvalue weighted by atomic mass is 127. The van der Waals surface area contributed by atoms with Gasteiger partial charge in [-0.2, -0.15) is 0 Å². The van der Waals surface area contributed by atoms with Crippen LogP contribution in [0.1, 0.15) is 42.2 Å². The van der Waals surface area contributed by atoms with Crippen molar-refractivity contribution in [1.82, 2.24) is 15.5 Å². The molecule has 1 aromatic carbocycles. The van der Waals surface area contributed by atoms with Crippen LogP contribution in [0.4, 0.5) is 5.69 Å². The van der Waals surface area contributed by atoms with Gasteiger partial charge in [-0.25, -0.2) is 0 Å². The fraction of sp³-hybridized carbons (Fsp3) is 0.478. The summed E-state index contributed by atoms with van der Waals surface area (Å²) in [7, 11) is 0. The molecule has 0 bridgehead atoms. The third-order valence-electron chi connectivity index (χ3n) is 5.94. The fourth-order valence-electron chi connectivity index (χ4n) is 4.23. The standard InChI is InChI=1S/C23H31N5OS.HI/c1-3-24-23(25-13-16(2)28-10-8-21-17(15-28)9-11-30-21)26-14-18-12-22(29)27-20-7-5-4-6-19(18)20;/h4-7,9,11,16,18H,3,8,10,12-15H2,1-2H3,(H,27,29)(H2,24,25,26);1H. The van der Waals surface area contributed by atoms with Gasteiger partial charge in [0, 0.05) is 55.1 Å². The first kappa shape index (κ1) is 24.0. The predicted molar refractivity (Wildman–Crippen MR) is 140 cm³/mol. The van der Waals surface area contributed by atoms with Gasteiger partial charge < -0.3 is 16.0 Å². The molecular weight excluding hydrogens is 521 g/mol. The van der Waals surface area contributed by atoms with Crippen LogP contribution >= 0.6 is 35.3 Å². The van der Waals surface area contributed by atoms with Gasteiger partial charge in [0.1, 0.15) is 0 Å². The molecular formula is C23H32IN5OS. The molecule has 0 aliphatic carbocycles. The lowest BCUT2D eigenvalue weighted by Crippen LogP contribution is -2.43. The summed E-state index contributed by atoms with van der Waals surface area (Å²) in [4.78, 5) is 21.0. The number of carbonyl (C=O) groups excluding carboxylic acids is 1. The number of halogens is 1. The molecule has 6 nitrogen and oxygen atoms in total. The minimum Gasteiger partial charge on any atom is -0.357 e. The molecule has 1 aromatic heterocycles. The molecule has 3 N–H and O–H groups in total. The third-order valence-corrected chi connectivity index (χ3v) is 6.96. The van der Waals surface area contributed by atoms with Crippen molar-refractivity contribution in [2.24, 2.45) is 4.99 Å². The summed E-state index contributed by atoms with van der Waals surface area (Å²) in [5.41, 5.74) is 3.59. The van der Waals surface area contributed by atoms with E-state index < -0.39 is 0 Å². The van der Waals surface area contributed by atoms with Crippen LogP contribution < -0.4 is 16.0 Å². The predicted octanol–water partition coefficient (Wildman–Crippen LogP) is 3.79. The van der Waals surface area contributed by atoms with Gasteiger partial charge in [-0.15, -0.1) is 35.3 Å². The number of hydrogen-bond donors (Lipinski definition) is 3. The number of anilines is 1. The molecule has 0 saturated carbocycles. The number of guanidine groups is 1. The Bertz CT molecular complexity index is 915. The van der Waals surface area contributed by atoms with Crippen molar-refractivity contribution in [3.05, 3.63) is 51.7 Å². The topological polar surface area (TPSA) is 68.8 Å². The van der Waals surface area contributed by atoms with Crippen molar-refractivity contribution in [2.45, 2.75) is 45.2 Å². The highest BCUT2D eigenvalue weighted by Gasteiger charge is 2.25. The van der Waals surface area contributed by atoms with E-state index in [0.717, 1.165) is 44.2 Å². The summed E-state index contributed by atoms with van der Waals surface area (Å²) in [5, 5.41) is 12.0. The second-order valence-corrected chi connectivity index (χ2v) is 9.08. The van der Waals surface area contributed by atoms with Crippen LogP contribution in [0.25, 0.3) is 0 Å². The molecule has 2 aromatic rings. The van der Waals surface area contributed by atoms with Gasteiger partial charge in [0.15, 0.2) is 5.96 Å². The van der Waals surface area contributed by atoms with Gasteiger partial charge >= 0.3 is 0 Å². The quantitative estimate of drug-likeness (QED) is 0.289. The number of nitrogens with one attached hydrogen (secondary N) is 3. The number of rotatable bonds is 6. The monoisotopic (exact) mass is 553 g/mol. The van der Waals surface area contributed by atoms with Crippen molar-refractivity contribution in [2.75, 3.05) is 31.5 Å². The van der Waals surface area contributed by atoms with Crippen LogP contribution in [0.2, 0.25) is 0 Å². The Morgan fingerprint density at radius 1 is 1.32 bits per heavy atom. The van der Waals surface area contributed by atoms with E-state index in [4.69, 9.17) is 4.99 Å². The lowest BCUT2D eigenvalue weighted by atomic mass is 9.90. The fourth-order valence-corrected chi connectivity index (χ4v) is 5.12. The summed E-state index contributed by atoms with van der Waals surface area (Å²) in [6.45, 7) is 8.70. The van der Waals surface area contributed by atoms with E-state index in [0.29, 0.717) is 19.0 Å². The van der Waals surface area contributed by atoms with E-state index in [1.54, 1.807) is 0 Å². The first-order valence-electron chi connectivity index (χ1n) is 10.8. The highest BCUT2D eigenvalue weighted by Crippen LogP contribution is 2.31. The molecule has 0 saturated heterocycles. The largest absolute Gasteiger partial charge is 0.357 e. The zero-order valence-corrected chi connectivity index (χ0v) is 21.3. The molecule has 0 spiro atoms. The number of nitrogens with zero attached hydrogens (tertiary/aromatic N) is 2. The minimum atomic E-state index is 0. The van der Waals surface area contributed by atoms with Crippen molar-refractivity contribution in [3.63, 3.8) is 0 Å². The lowest BCUT2D eigenvalue weighted by Gasteiger charge is -2.31. The van der Waals surface area contributed by atoms with Crippen LogP contribution in [-0.2, 0) is 17.8 Å². The van der Waals surface area contributed by atoms with Gasteiger partial charge in [-0.05, 0) is 48.9 Å². The lowest BCUT2D eigenvalue weighted by molar-refractivity contribution is -0.116. The SMILES string of the molecule is CCNC(=NCC(C)N1CCc2sccc2C1)NCC1CC(=O)Nc2ccccc21.I. The number of amides is 1. The molecule has 0 radical (unpaired) electrons. The van der Waals surface area contributed by atoms with Gasteiger partial charge in [-0.1, -0.05) is 18.2 Å². The molecule has 4 rings (SSSR count). The van der Waals surface area contributed by atoms with Crippen LogP contribution in [0, 0.1) is 0 Å². The van der Waals surface area contributed by atoms with Crippen LogP contribution in [0.3, 0.4) is 0 Å². The average Bonchev–Trinajstić information content (AvgIpc) is 3.23. The van der Waals surface area contributed by atoms with Crippen molar-refractivity contribution in [3.8, 4) is 0 Å².